The molecule has 4 heteroatoms. The number of rotatable bonds is 7. The highest BCUT2D eigenvalue weighted by atomic mass is 16.5. The lowest BCUT2D eigenvalue weighted by molar-refractivity contribution is -0.127. The minimum absolute atomic E-state index is 0.144. The monoisotopic (exact) mass is 293 g/mol. The van der Waals surface area contributed by atoms with Crippen molar-refractivity contribution in [3.63, 3.8) is 0 Å². The van der Waals surface area contributed by atoms with Gasteiger partial charge in [0.05, 0.1) is 6.10 Å². The van der Waals surface area contributed by atoms with Crippen LogP contribution in [0, 0.1) is 12.3 Å². The smallest absolute Gasteiger partial charge is 0.260 e. The highest BCUT2D eigenvalue weighted by Gasteiger charge is 2.23. The molecule has 0 bridgehead atoms. The summed E-state index contributed by atoms with van der Waals surface area (Å²) < 4.78 is 5.62. The van der Waals surface area contributed by atoms with Gasteiger partial charge in [-0.1, -0.05) is 31.5 Å². The molecule has 1 amide bonds. The molecule has 0 radical (unpaired) electrons. The Bertz CT molecular complexity index is 452. The van der Waals surface area contributed by atoms with Crippen LogP contribution in [0.5, 0.6) is 5.75 Å². The average Bonchev–Trinajstić information content (AvgIpc) is 2.37. The number of nitrogens with one attached hydrogen (secondary N) is 1. The van der Waals surface area contributed by atoms with Crippen molar-refractivity contribution < 1.29 is 14.6 Å². The molecule has 0 heterocycles. The maximum atomic E-state index is 12.0. The first-order valence-electron chi connectivity index (χ1n) is 7.39. The van der Waals surface area contributed by atoms with E-state index in [2.05, 4.69) is 5.32 Å². The van der Waals surface area contributed by atoms with Gasteiger partial charge in [0.15, 0.2) is 6.10 Å². The molecular formula is C17H27NO3. The summed E-state index contributed by atoms with van der Waals surface area (Å²) in [6.45, 7) is 10.0. The number of aliphatic hydroxyl groups is 1. The second kappa shape index (κ2) is 7.46. The number of hydrogen-bond donors (Lipinski definition) is 2. The molecule has 0 aliphatic heterocycles. The normalized spacial score (nSPS) is 14.4. The summed E-state index contributed by atoms with van der Waals surface area (Å²) in [7, 11) is 0. The van der Waals surface area contributed by atoms with E-state index < -0.39 is 6.10 Å². The van der Waals surface area contributed by atoms with Crippen molar-refractivity contribution in [2.24, 2.45) is 5.41 Å². The predicted octanol–water partition coefficient (Wildman–Crippen LogP) is 2.68. The van der Waals surface area contributed by atoms with Crippen LogP contribution in [-0.4, -0.2) is 29.8 Å². The van der Waals surface area contributed by atoms with Crippen molar-refractivity contribution in [3.05, 3.63) is 29.8 Å². The molecule has 0 fully saturated rings. The lowest BCUT2D eigenvalue weighted by atomic mass is 9.87. The highest BCUT2D eigenvalue weighted by Crippen LogP contribution is 2.21. The number of ether oxygens (including phenoxy) is 1. The zero-order valence-electron chi connectivity index (χ0n) is 13.6. The summed E-state index contributed by atoms with van der Waals surface area (Å²) in [4.78, 5) is 12.0. The molecule has 2 unspecified atom stereocenters. The molecule has 21 heavy (non-hydrogen) atoms. The van der Waals surface area contributed by atoms with E-state index in [9.17, 15) is 9.90 Å². The maximum Gasteiger partial charge on any atom is 0.260 e. The van der Waals surface area contributed by atoms with Crippen molar-refractivity contribution in [1.29, 1.82) is 0 Å². The van der Waals surface area contributed by atoms with Gasteiger partial charge in [-0.05, 0) is 44.7 Å². The van der Waals surface area contributed by atoms with E-state index in [4.69, 9.17) is 4.74 Å². The Morgan fingerprint density at radius 3 is 2.38 bits per heavy atom. The molecule has 0 spiro atoms. The molecule has 1 aromatic carbocycles. The molecule has 118 valence electrons. The largest absolute Gasteiger partial charge is 0.481 e. The number of hydrogen-bond acceptors (Lipinski definition) is 3. The van der Waals surface area contributed by atoms with Crippen LogP contribution in [0.15, 0.2) is 24.3 Å². The van der Waals surface area contributed by atoms with Gasteiger partial charge in [-0.3, -0.25) is 4.79 Å². The van der Waals surface area contributed by atoms with Gasteiger partial charge in [-0.2, -0.15) is 0 Å². The van der Waals surface area contributed by atoms with Gasteiger partial charge in [0.1, 0.15) is 5.75 Å². The summed E-state index contributed by atoms with van der Waals surface area (Å²) in [5.41, 5.74) is 1.01. The Labute approximate surface area is 127 Å². The van der Waals surface area contributed by atoms with Crippen molar-refractivity contribution in [2.75, 3.05) is 6.54 Å². The third-order valence-electron chi connectivity index (χ3n) is 3.29. The Morgan fingerprint density at radius 2 is 1.86 bits per heavy atom. The minimum Gasteiger partial charge on any atom is -0.481 e. The molecule has 0 aliphatic carbocycles. The fourth-order valence-corrected chi connectivity index (χ4v) is 2.22. The SMILES string of the molecule is Cc1ccc(OC(C)C(=O)NCC(C)(C)CC(C)O)cc1. The van der Waals surface area contributed by atoms with E-state index in [1.165, 1.54) is 0 Å². The van der Waals surface area contributed by atoms with Gasteiger partial charge in [-0.25, -0.2) is 0 Å². The predicted molar refractivity (Wildman–Crippen MR) is 84.4 cm³/mol. The Hall–Kier alpha value is -1.55. The molecule has 0 aromatic heterocycles. The number of amides is 1. The second-order valence-electron chi connectivity index (χ2n) is 6.51. The minimum atomic E-state index is -0.546. The Balaban J connectivity index is 2.46. The Morgan fingerprint density at radius 1 is 1.29 bits per heavy atom. The van der Waals surface area contributed by atoms with Crippen LogP contribution in [0.2, 0.25) is 0 Å². The molecule has 1 aromatic rings. The van der Waals surface area contributed by atoms with E-state index in [1.807, 2.05) is 45.0 Å². The first-order chi connectivity index (χ1) is 9.69. The van der Waals surface area contributed by atoms with Crippen LogP contribution in [0.4, 0.5) is 0 Å². The van der Waals surface area contributed by atoms with E-state index in [1.54, 1.807) is 13.8 Å². The van der Waals surface area contributed by atoms with Crippen LogP contribution < -0.4 is 10.1 Å². The third kappa shape index (κ3) is 6.63. The summed E-state index contributed by atoms with van der Waals surface area (Å²) in [5, 5.41) is 12.3. The fourth-order valence-electron chi connectivity index (χ4n) is 2.22. The molecule has 2 N–H and O–H groups in total. The van der Waals surface area contributed by atoms with Crippen molar-refractivity contribution in [2.45, 2.75) is 53.2 Å². The summed E-state index contributed by atoms with van der Waals surface area (Å²) >= 11 is 0. The summed E-state index contributed by atoms with van der Waals surface area (Å²) in [5.74, 6) is 0.542. The van der Waals surface area contributed by atoms with Crippen LogP contribution >= 0.6 is 0 Å². The van der Waals surface area contributed by atoms with E-state index in [-0.39, 0.29) is 17.4 Å². The van der Waals surface area contributed by atoms with Gasteiger partial charge in [0.25, 0.3) is 5.91 Å². The highest BCUT2D eigenvalue weighted by molar-refractivity contribution is 5.80. The number of aliphatic hydroxyl groups excluding tert-OH is 1. The van der Waals surface area contributed by atoms with Crippen LogP contribution in [0.3, 0.4) is 0 Å². The molecule has 0 saturated heterocycles. The molecule has 1 rings (SSSR count). The van der Waals surface area contributed by atoms with Crippen LogP contribution in [0.25, 0.3) is 0 Å². The number of carbonyl (C=O) groups excluding carboxylic acids is 1. The van der Waals surface area contributed by atoms with Gasteiger partial charge >= 0.3 is 0 Å². The second-order valence-corrected chi connectivity index (χ2v) is 6.51. The van der Waals surface area contributed by atoms with Crippen molar-refractivity contribution in [1.82, 2.24) is 5.32 Å². The molecule has 0 saturated carbocycles. The van der Waals surface area contributed by atoms with E-state index in [0.717, 1.165) is 5.56 Å². The first-order valence-corrected chi connectivity index (χ1v) is 7.39. The summed E-state index contributed by atoms with van der Waals surface area (Å²) in [6, 6.07) is 7.62. The maximum absolute atomic E-state index is 12.0. The van der Waals surface area contributed by atoms with Crippen LogP contribution in [-0.2, 0) is 4.79 Å². The summed E-state index contributed by atoms with van der Waals surface area (Å²) in [6.07, 6.45) is -0.284. The number of aryl methyl sites for hydroxylation is 1. The standard InChI is InChI=1S/C17H27NO3/c1-12-6-8-15(9-7-12)21-14(3)16(20)18-11-17(4,5)10-13(2)19/h6-9,13-14,19H,10-11H2,1-5H3,(H,18,20). The quantitative estimate of drug-likeness (QED) is 0.812. The van der Waals surface area contributed by atoms with E-state index >= 15 is 0 Å². The molecule has 4 nitrogen and oxygen atoms in total. The van der Waals surface area contributed by atoms with Gasteiger partial charge in [0.2, 0.25) is 0 Å². The lowest BCUT2D eigenvalue weighted by Crippen LogP contribution is -2.41. The fraction of sp³-hybridized carbons (Fsp3) is 0.588. The molecule has 0 aliphatic rings. The zero-order chi connectivity index (χ0) is 16.0. The Kier molecular flexibility index (Phi) is 6.21. The lowest BCUT2D eigenvalue weighted by Gasteiger charge is -2.27. The van der Waals surface area contributed by atoms with Gasteiger partial charge < -0.3 is 15.2 Å². The van der Waals surface area contributed by atoms with Crippen molar-refractivity contribution >= 4 is 5.91 Å². The number of carbonyl (C=O) groups is 1. The zero-order valence-corrected chi connectivity index (χ0v) is 13.6. The van der Waals surface area contributed by atoms with Crippen molar-refractivity contribution in [3.8, 4) is 5.75 Å². The van der Waals surface area contributed by atoms with E-state index in [0.29, 0.717) is 18.7 Å². The van der Waals surface area contributed by atoms with Gasteiger partial charge in [0, 0.05) is 6.54 Å². The molecular weight excluding hydrogens is 266 g/mol. The average molecular weight is 293 g/mol. The molecule has 2 atom stereocenters. The third-order valence-corrected chi connectivity index (χ3v) is 3.29. The van der Waals surface area contributed by atoms with Crippen LogP contribution in [0.1, 0.15) is 39.7 Å². The topological polar surface area (TPSA) is 58.6 Å². The number of benzene rings is 1. The first kappa shape index (κ1) is 17.5. The van der Waals surface area contributed by atoms with Gasteiger partial charge in [-0.15, -0.1) is 0 Å².